The van der Waals surface area contributed by atoms with Crippen LogP contribution in [0.25, 0.3) is 0 Å². The second-order valence-electron chi connectivity index (χ2n) is 4.71. The quantitative estimate of drug-likeness (QED) is 0.733. The first-order valence-corrected chi connectivity index (χ1v) is 7.46. The van der Waals surface area contributed by atoms with E-state index in [1.807, 2.05) is 0 Å². The molecule has 0 unspecified atom stereocenters. The average Bonchev–Trinajstić information content (AvgIpc) is 3.08. The summed E-state index contributed by atoms with van der Waals surface area (Å²) in [5.41, 5.74) is 0. The zero-order valence-corrected chi connectivity index (χ0v) is 11.4. The summed E-state index contributed by atoms with van der Waals surface area (Å²) in [6.07, 6.45) is 5.78. The lowest BCUT2D eigenvalue weighted by Crippen LogP contribution is -2.07. The largest absolute Gasteiger partial charge is 0.481 e. The molecule has 100 valence electrons. The molecular formula is C12H19N3O2S. The molecule has 0 aliphatic heterocycles. The van der Waals surface area contributed by atoms with Crippen molar-refractivity contribution in [1.82, 2.24) is 14.8 Å². The van der Waals surface area contributed by atoms with Crippen molar-refractivity contribution in [2.24, 2.45) is 5.92 Å². The Labute approximate surface area is 111 Å². The van der Waals surface area contributed by atoms with Crippen LogP contribution >= 0.6 is 11.8 Å². The van der Waals surface area contributed by atoms with Gasteiger partial charge in [0.2, 0.25) is 0 Å². The van der Waals surface area contributed by atoms with Crippen molar-refractivity contribution in [3.8, 4) is 0 Å². The summed E-state index contributed by atoms with van der Waals surface area (Å²) >= 11 is 1.26. The molecular weight excluding hydrogens is 250 g/mol. The summed E-state index contributed by atoms with van der Waals surface area (Å²) in [5, 5.41) is 17.8. The maximum Gasteiger partial charge on any atom is 0.313 e. The van der Waals surface area contributed by atoms with Crippen LogP contribution in [-0.4, -0.2) is 31.6 Å². The van der Waals surface area contributed by atoms with Gasteiger partial charge in [0.1, 0.15) is 5.82 Å². The lowest BCUT2D eigenvalue weighted by molar-refractivity contribution is -0.133. The Morgan fingerprint density at radius 3 is 2.89 bits per heavy atom. The molecule has 1 saturated carbocycles. The molecule has 6 heteroatoms. The van der Waals surface area contributed by atoms with Crippen LogP contribution in [0.1, 0.15) is 38.4 Å². The number of thioether (sulfide) groups is 1. The van der Waals surface area contributed by atoms with Crippen LogP contribution in [0.2, 0.25) is 0 Å². The molecule has 1 N–H and O–H groups in total. The molecule has 1 aromatic heterocycles. The van der Waals surface area contributed by atoms with E-state index in [0.717, 1.165) is 42.7 Å². The Kier molecular flexibility index (Phi) is 4.63. The predicted octanol–water partition coefficient (Wildman–Crippen LogP) is 2.21. The van der Waals surface area contributed by atoms with Crippen molar-refractivity contribution in [2.45, 2.75) is 50.7 Å². The number of carboxylic acid groups (broad SMARTS) is 1. The minimum Gasteiger partial charge on any atom is -0.481 e. The van der Waals surface area contributed by atoms with E-state index < -0.39 is 5.97 Å². The summed E-state index contributed by atoms with van der Waals surface area (Å²) in [7, 11) is 0. The van der Waals surface area contributed by atoms with E-state index in [1.165, 1.54) is 24.6 Å². The first kappa shape index (κ1) is 13.4. The third-order valence-corrected chi connectivity index (χ3v) is 4.00. The summed E-state index contributed by atoms with van der Waals surface area (Å²) in [6, 6.07) is 0. The van der Waals surface area contributed by atoms with Gasteiger partial charge in [0, 0.05) is 13.0 Å². The van der Waals surface area contributed by atoms with Gasteiger partial charge in [-0.15, -0.1) is 10.2 Å². The minimum absolute atomic E-state index is 0.0493. The topological polar surface area (TPSA) is 68.0 Å². The molecule has 0 radical (unpaired) electrons. The van der Waals surface area contributed by atoms with Crippen molar-refractivity contribution >= 4 is 17.7 Å². The molecule has 1 aliphatic carbocycles. The van der Waals surface area contributed by atoms with Crippen molar-refractivity contribution in [2.75, 3.05) is 5.75 Å². The van der Waals surface area contributed by atoms with E-state index in [-0.39, 0.29) is 5.75 Å². The summed E-state index contributed by atoms with van der Waals surface area (Å²) < 4.78 is 2.11. The van der Waals surface area contributed by atoms with Gasteiger partial charge in [0.15, 0.2) is 5.16 Å². The van der Waals surface area contributed by atoms with Crippen molar-refractivity contribution in [3.63, 3.8) is 0 Å². The van der Waals surface area contributed by atoms with Crippen LogP contribution in [0, 0.1) is 5.92 Å². The molecule has 0 aromatic carbocycles. The Balaban J connectivity index is 2.02. The highest BCUT2D eigenvalue weighted by Gasteiger charge is 2.22. The SMILES string of the molecule is CCCc1nnc(SCC(=O)O)n1CCC1CC1. The number of nitrogens with zero attached hydrogens (tertiary/aromatic N) is 3. The molecule has 18 heavy (non-hydrogen) atoms. The number of carboxylic acids is 1. The van der Waals surface area contributed by atoms with E-state index in [0.29, 0.717) is 0 Å². The van der Waals surface area contributed by atoms with Gasteiger partial charge in [0.05, 0.1) is 5.75 Å². The van der Waals surface area contributed by atoms with Gasteiger partial charge >= 0.3 is 5.97 Å². The van der Waals surface area contributed by atoms with E-state index in [1.54, 1.807) is 0 Å². The number of carbonyl (C=O) groups is 1. The number of aliphatic carboxylic acids is 1. The highest BCUT2D eigenvalue weighted by Crippen LogP contribution is 2.33. The summed E-state index contributed by atoms with van der Waals surface area (Å²) in [4.78, 5) is 10.6. The van der Waals surface area contributed by atoms with Crippen LogP contribution in [0.5, 0.6) is 0 Å². The van der Waals surface area contributed by atoms with E-state index in [2.05, 4.69) is 21.7 Å². The van der Waals surface area contributed by atoms with E-state index in [4.69, 9.17) is 5.11 Å². The third kappa shape index (κ3) is 3.73. The standard InChI is InChI=1S/C12H19N3O2S/c1-2-3-10-13-14-12(18-8-11(16)17)15(10)7-6-9-4-5-9/h9H,2-8H2,1H3,(H,16,17). The first-order valence-electron chi connectivity index (χ1n) is 6.47. The molecule has 1 aromatic rings. The zero-order chi connectivity index (χ0) is 13.0. The predicted molar refractivity (Wildman–Crippen MR) is 69.7 cm³/mol. The Hall–Kier alpha value is -1.04. The van der Waals surface area contributed by atoms with Crippen LogP contribution in [0.4, 0.5) is 0 Å². The zero-order valence-electron chi connectivity index (χ0n) is 10.6. The number of hydrogen-bond acceptors (Lipinski definition) is 4. The first-order chi connectivity index (χ1) is 8.70. The molecule has 0 amide bonds. The fraction of sp³-hybridized carbons (Fsp3) is 0.750. The van der Waals surface area contributed by atoms with Crippen LogP contribution in [-0.2, 0) is 17.8 Å². The molecule has 2 rings (SSSR count). The van der Waals surface area contributed by atoms with Gasteiger partial charge in [-0.25, -0.2) is 0 Å². The maximum absolute atomic E-state index is 10.6. The van der Waals surface area contributed by atoms with Crippen LogP contribution < -0.4 is 0 Å². The van der Waals surface area contributed by atoms with E-state index >= 15 is 0 Å². The third-order valence-electron chi connectivity index (χ3n) is 3.05. The van der Waals surface area contributed by atoms with Gasteiger partial charge in [-0.1, -0.05) is 31.5 Å². The monoisotopic (exact) mass is 269 g/mol. The van der Waals surface area contributed by atoms with Crippen LogP contribution in [0.3, 0.4) is 0 Å². The molecule has 0 atom stereocenters. The van der Waals surface area contributed by atoms with Gasteiger partial charge in [0.25, 0.3) is 0 Å². The smallest absolute Gasteiger partial charge is 0.313 e. The van der Waals surface area contributed by atoms with Crippen molar-refractivity contribution in [3.05, 3.63) is 5.82 Å². The normalized spacial score (nSPS) is 14.9. The highest BCUT2D eigenvalue weighted by atomic mass is 32.2. The maximum atomic E-state index is 10.6. The number of aryl methyl sites for hydroxylation is 1. The lowest BCUT2D eigenvalue weighted by atomic mass is 10.3. The second-order valence-corrected chi connectivity index (χ2v) is 5.66. The Morgan fingerprint density at radius 1 is 1.50 bits per heavy atom. The molecule has 0 saturated heterocycles. The van der Waals surface area contributed by atoms with Gasteiger partial charge < -0.3 is 9.67 Å². The molecule has 0 bridgehead atoms. The molecule has 1 fully saturated rings. The fourth-order valence-corrected chi connectivity index (χ4v) is 2.61. The fourth-order valence-electron chi connectivity index (χ4n) is 1.90. The van der Waals surface area contributed by atoms with Gasteiger partial charge in [-0.3, -0.25) is 4.79 Å². The highest BCUT2D eigenvalue weighted by molar-refractivity contribution is 7.99. The number of rotatable bonds is 8. The van der Waals surface area contributed by atoms with E-state index in [9.17, 15) is 4.79 Å². The second kappa shape index (κ2) is 6.22. The van der Waals surface area contributed by atoms with Crippen LogP contribution in [0.15, 0.2) is 5.16 Å². The van der Waals surface area contributed by atoms with Crippen molar-refractivity contribution < 1.29 is 9.90 Å². The Morgan fingerprint density at radius 2 is 2.28 bits per heavy atom. The average molecular weight is 269 g/mol. The number of aromatic nitrogens is 3. The summed E-state index contributed by atoms with van der Waals surface area (Å²) in [6.45, 7) is 3.04. The minimum atomic E-state index is -0.811. The number of hydrogen-bond donors (Lipinski definition) is 1. The summed E-state index contributed by atoms with van der Waals surface area (Å²) in [5.74, 6) is 1.09. The molecule has 0 spiro atoms. The van der Waals surface area contributed by atoms with Gasteiger partial charge in [-0.2, -0.15) is 0 Å². The lowest BCUT2D eigenvalue weighted by Gasteiger charge is -2.08. The molecule has 5 nitrogen and oxygen atoms in total. The van der Waals surface area contributed by atoms with Crippen molar-refractivity contribution in [1.29, 1.82) is 0 Å². The molecule has 1 aliphatic rings. The van der Waals surface area contributed by atoms with Gasteiger partial charge in [-0.05, 0) is 18.8 Å². The Bertz CT molecular complexity index is 415. The molecule has 1 heterocycles.